The molecule has 4 heterocycles. The molecule has 2 aliphatic rings. The molecule has 0 saturated heterocycles. The number of nitrogens with zero attached hydrogens (tertiary/aromatic N) is 6. The number of carbonyl (C=O) groups excluding carboxylic acids is 2. The van der Waals surface area contributed by atoms with Gasteiger partial charge in [0, 0.05) is 24.2 Å². The molecule has 0 unspecified atom stereocenters. The minimum absolute atomic E-state index is 0.0924. The van der Waals surface area contributed by atoms with E-state index in [1.165, 1.54) is 0 Å². The van der Waals surface area contributed by atoms with Crippen molar-refractivity contribution >= 4 is 47.0 Å². The van der Waals surface area contributed by atoms with Gasteiger partial charge in [-0.05, 0) is 77.6 Å². The van der Waals surface area contributed by atoms with Gasteiger partial charge in [0.2, 0.25) is 16.4 Å². The van der Waals surface area contributed by atoms with Gasteiger partial charge in [0.05, 0.1) is 31.6 Å². The van der Waals surface area contributed by atoms with Crippen molar-refractivity contribution in [2.75, 3.05) is 20.2 Å². The number of ether oxygens (including phenoxy) is 3. The van der Waals surface area contributed by atoms with Gasteiger partial charge in [0.25, 0.3) is 0 Å². The lowest BCUT2D eigenvalue weighted by atomic mass is 10.1. The summed E-state index contributed by atoms with van der Waals surface area (Å²) in [6, 6.07) is 0. The number of aromatic nitrogens is 4. The maximum absolute atomic E-state index is 12.1. The smallest absolute Gasteiger partial charge is 0.410 e. The van der Waals surface area contributed by atoms with Crippen LogP contribution < -0.4 is 4.74 Å². The van der Waals surface area contributed by atoms with Gasteiger partial charge in [-0.3, -0.25) is 0 Å². The summed E-state index contributed by atoms with van der Waals surface area (Å²) >= 11 is 17.6. The van der Waals surface area contributed by atoms with E-state index in [2.05, 4.69) is 19.9 Å². The third kappa shape index (κ3) is 8.68. The summed E-state index contributed by atoms with van der Waals surface area (Å²) in [7, 11) is 1.54. The van der Waals surface area contributed by atoms with Gasteiger partial charge in [-0.2, -0.15) is 4.98 Å². The number of hydrogen-bond donors (Lipinski definition) is 0. The number of amides is 2. The number of methoxy groups -OCH3 is 1. The molecule has 0 radical (unpaired) electrons. The van der Waals surface area contributed by atoms with Gasteiger partial charge in [0.1, 0.15) is 16.4 Å². The van der Waals surface area contributed by atoms with Crippen LogP contribution in [-0.4, -0.2) is 73.3 Å². The summed E-state index contributed by atoms with van der Waals surface area (Å²) in [4.78, 5) is 43.5. The molecule has 0 saturated carbocycles. The fourth-order valence-corrected chi connectivity index (χ4v) is 4.55. The maximum Gasteiger partial charge on any atom is 0.410 e. The van der Waals surface area contributed by atoms with Crippen molar-refractivity contribution in [3.05, 3.63) is 38.2 Å². The van der Waals surface area contributed by atoms with Crippen molar-refractivity contribution in [2.45, 2.75) is 78.7 Å². The van der Waals surface area contributed by atoms with Crippen LogP contribution in [0, 0.1) is 0 Å². The van der Waals surface area contributed by atoms with Crippen LogP contribution in [0.4, 0.5) is 9.59 Å². The highest BCUT2D eigenvalue weighted by Gasteiger charge is 2.30. The minimum atomic E-state index is -0.516. The van der Waals surface area contributed by atoms with Crippen molar-refractivity contribution in [1.82, 2.24) is 29.7 Å². The zero-order valence-electron chi connectivity index (χ0n) is 23.1. The van der Waals surface area contributed by atoms with Crippen LogP contribution in [0.2, 0.25) is 15.7 Å². The monoisotopic (exact) mass is 602 g/mol. The van der Waals surface area contributed by atoms with Gasteiger partial charge in [-0.25, -0.2) is 24.5 Å². The third-order valence-corrected chi connectivity index (χ3v) is 6.13. The van der Waals surface area contributed by atoms with Crippen molar-refractivity contribution in [1.29, 1.82) is 0 Å². The Morgan fingerprint density at radius 1 is 0.718 bits per heavy atom. The largest absolute Gasteiger partial charge is 0.481 e. The molecule has 2 aliphatic heterocycles. The number of hydrogen-bond acceptors (Lipinski definition) is 9. The molecule has 0 fully saturated rings. The molecule has 2 amide bonds. The molecule has 0 aliphatic carbocycles. The van der Waals surface area contributed by atoms with Crippen molar-refractivity contribution < 1.29 is 23.8 Å². The lowest BCUT2D eigenvalue weighted by molar-refractivity contribution is 0.0210. The highest BCUT2D eigenvalue weighted by Crippen LogP contribution is 2.28. The SMILES string of the molecule is CC(C)(C)OC(=O)N1CCc2c(Cl)nc(Cl)nc2C1.COc1nc(Cl)nc2c1CCN(C(=O)OC(C)(C)C)C2. The minimum Gasteiger partial charge on any atom is -0.481 e. The number of halogens is 3. The third-order valence-electron chi connectivity index (χ3n) is 5.48. The van der Waals surface area contributed by atoms with Gasteiger partial charge < -0.3 is 24.0 Å². The Kier molecular flexibility index (Phi) is 9.72. The highest BCUT2D eigenvalue weighted by atomic mass is 35.5. The van der Waals surface area contributed by atoms with E-state index in [0.29, 0.717) is 61.4 Å². The highest BCUT2D eigenvalue weighted by molar-refractivity contribution is 6.32. The van der Waals surface area contributed by atoms with Crippen LogP contribution in [-0.2, 0) is 35.4 Å². The standard InChI is InChI=1S/C13H18ClN3O3.C12H15Cl2N3O2/c1-13(2,3)20-12(18)17-6-5-8-9(7-17)15-11(14)16-10(8)19-4;1-12(2,3)19-11(18)17-5-4-7-8(6-17)15-10(14)16-9(7)13/h5-7H2,1-4H3;4-6H2,1-3H3. The van der Waals surface area contributed by atoms with Crippen LogP contribution in [0.15, 0.2) is 0 Å². The molecule has 0 spiro atoms. The predicted octanol–water partition coefficient (Wildman–Crippen LogP) is 5.51. The molecular weight excluding hydrogens is 571 g/mol. The quantitative estimate of drug-likeness (QED) is 0.307. The Morgan fingerprint density at radius 3 is 1.62 bits per heavy atom. The van der Waals surface area contributed by atoms with Crippen LogP contribution in [0.3, 0.4) is 0 Å². The second-order valence-corrected chi connectivity index (χ2v) is 12.0. The van der Waals surface area contributed by atoms with Gasteiger partial charge >= 0.3 is 12.2 Å². The molecule has 214 valence electrons. The van der Waals surface area contributed by atoms with E-state index >= 15 is 0 Å². The van der Waals surface area contributed by atoms with E-state index in [1.54, 1.807) is 16.9 Å². The average Bonchev–Trinajstić information content (AvgIpc) is 2.80. The van der Waals surface area contributed by atoms with Crippen molar-refractivity contribution in [2.24, 2.45) is 0 Å². The Balaban J connectivity index is 0.000000216. The Labute approximate surface area is 243 Å². The summed E-state index contributed by atoms with van der Waals surface area (Å²) < 4.78 is 15.9. The molecule has 11 nitrogen and oxygen atoms in total. The van der Waals surface area contributed by atoms with Crippen LogP contribution in [0.1, 0.15) is 64.1 Å². The Bertz CT molecular complexity index is 1230. The van der Waals surface area contributed by atoms with E-state index in [-0.39, 0.29) is 22.8 Å². The van der Waals surface area contributed by atoms with Crippen LogP contribution in [0.25, 0.3) is 0 Å². The Hall–Kier alpha value is -2.63. The first-order valence-electron chi connectivity index (χ1n) is 12.3. The summed E-state index contributed by atoms with van der Waals surface area (Å²) in [6.45, 7) is 12.8. The lowest BCUT2D eigenvalue weighted by Crippen LogP contribution is -2.40. The molecule has 0 aromatic carbocycles. The van der Waals surface area contributed by atoms with E-state index < -0.39 is 11.2 Å². The Morgan fingerprint density at radius 2 is 1.15 bits per heavy atom. The normalized spacial score (nSPS) is 14.9. The fraction of sp³-hybridized carbons (Fsp3) is 0.600. The molecule has 0 bridgehead atoms. The molecule has 2 aromatic rings. The molecular formula is C25H33Cl3N6O5. The summed E-state index contributed by atoms with van der Waals surface area (Å²) in [6.07, 6.45) is 0.514. The molecule has 0 atom stereocenters. The van der Waals surface area contributed by atoms with E-state index in [1.807, 2.05) is 41.5 Å². The van der Waals surface area contributed by atoms with Gasteiger partial charge in [0.15, 0.2) is 0 Å². The maximum atomic E-state index is 12.1. The van der Waals surface area contributed by atoms with Crippen LogP contribution >= 0.6 is 34.8 Å². The number of carbonyl (C=O) groups is 2. The first-order chi connectivity index (χ1) is 18.1. The van der Waals surface area contributed by atoms with E-state index in [4.69, 9.17) is 49.0 Å². The topological polar surface area (TPSA) is 120 Å². The van der Waals surface area contributed by atoms with E-state index in [9.17, 15) is 9.59 Å². The van der Waals surface area contributed by atoms with Gasteiger partial charge in [-0.1, -0.05) is 11.6 Å². The summed E-state index contributed by atoms with van der Waals surface area (Å²) in [5.41, 5.74) is 2.11. The molecule has 0 N–H and O–H groups in total. The zero-order valence-corrected chi connectivity index (χ0v) is 25.4. The second-order valence-electron chi connectivity index (χ2n) is 10.9. The van der Waals surface area contributed by atoms with Crippen molar-refractivity contribution in [3.63, 3.8) is 0 Å². The first kappa shape index (κ1) is 30.9. The first-order valence-corrected chi connectivity index (χ1v) is 13.5. The zero-order chi connectivity index (χ0) is 29.1. The number of fused-ring (bicyclic) bond motifs is 2. The molecule has 2 aromatic heterocycles. The fourth-order valence-electron chi connectivity index (χ4n) is 3.86. The summed E-state index contributed by atoms with van der Waals surface area (Å²) in [5, 5.41) is 0.570. The lowest BCUT2D eigenvalue weighted by Gasteiger charge is -2.30. The van der Waals surface area contributed by atoms with Crippen molar-refractivity contribution in [3.8, 4) is 5.88 Å². The predicted molar refractivity (Wildman–Crippen MR) is 146 cm³/mol. The molecule has 4 rings (SSSR count). The van der Waals surface area contributed by atoms with Gasteiger partial charge in [-0.15, -0.1) is 0 Å². The molecule has 14 heteroatoms. The number of rotatable bonds is 1. The molecule has 39 heavy (non-hydrogen) atoms. The average molecular weight is 604 g/mol. The summed E-state index contributed by atoms with van der Waals surface area (Å²) in [5.74, 6) is 0.476. The van der Waals surface area contributed by atoms with E-state index in [0.717, 1.165) is 11.1 Å². The second kappa shape index (κ2) is 12.3. The van der Waals surface area contributed by atoms with Crippen LogP contribution in [0.5, 0.6) is 5.88 Å².